The number of hydrogen-bond acceptors (Lipinski definition) is 6. The number of pyridine rings is 1. The van der Waals surface area contributed by atoms with Crippen LogP contribution in [0.2, 0.25) is 0 Å². The fraction of sp³-hybridized carbons (Fsp3) is 0.458. The summed E-state index contributed by atoms with van der Waals surface area (Å²) in [4.78, 5) is 13.4. The van der Waals surface area contributed by atoms with E-state index in [0.29, 0.717) is 0 Å². The van der Waals surface area contributed by atoms with Crippen LogP contribution in [0, 0.1) is 6.92 Å². The van der Waals surface area contributed by atoms with Gasteiger partial charge in [0.05, 0.1) is 23.1 Å². The predicted octanol–water partition coefficient (Wildman–Crippen LogP) is 4.94. The first kappa shape index (κ1) is 30.2. The maximum atomic E-state index is 8.56. The van der Waals surface area contributed by atoms with Crippen LogP contribution in [0.1, 0.15) is 57.3 Å². The van der Waals surface area contributed by atoms with Gasteiger partial charge in [0.1, 0.15) is 0 Å². The number of dihydropyridines is 2. The molecule has 0 radical (unpaired) electrons. The molecule has 0 saturated heterocycles. The Hall–Kier alpha value is -1.88. The van der Waals surface area contributed by atoms with Gasteiger partial charge in [-0.2, -0.15) is 0 Å². The van der Waals surface area contributed by atoms with Crippen LogP contribution in [-0.2, 0) is 32.4 Å². The van der Waals surface area contributed by atoms with Crippen molar-refractivity contribution in [2.24, 2.45) is 9.98 Å². The predicted molar refractivity (Wildman–Crippen MR) is 132 cm³/mol. The van der Waals surface area contributed by atoms with E-state index in [0.717, 1.165) is 61.1 Å². The van der Waals surface area contributed by atoms with Crippen LogP contribution in [-0.4, -0.2) is 49.4 Å². The Morgan fingerprint density at radius 1 is 1.15 bits per heavy atom. The van der Waals surface area contributed by atoms with Crippen molar-refractivity contribution < 1.29 is 34.4 Å². The molecule has 10 heteroatoms. The minimum absolute atomic E-state index is 0.273. The Morgan fingerprint density at radius 2 is 1.85 bits per heavy atom. The van der Waals surface area contributed by atoms with Crippen molar-refractivity contribution in [1.29, 1.82) is 0 Å². The quantitative estimate of drug-likeness (QED) is 0.434. The fourth-order valence-electron chi connectivity index (χ4n) is 3.54. The molecule has 4 heterocycles. The van der Waals surface area contributed by atoms with Gasteiger partial charge in [0.2, 0.25) is 0 Å². The van der Waals surface area contributed by atoms with Crippen molar-refractivity contribution in [3.8, 4) is 0 Å². The SMILES string of the molecule is CC1=CC(C2CC(C)=CC=N2)=NCC1.CC1=CC[N-]C(c2cc(C)ccn2)C1.O=S([O-])O.[O]=[V]. The van der Waals surface area contributed by atoms with Gasteiger partial charge in [-0.15, -0.1) is 12.6 Å². The zero-order valence-corrected chi connectivity index (χ0v) is 22.3. The van der Waals surface area contributed by atoms with Gasteiger partial charge in [-0.05, 0) is 76.8 Å². The van der Waals surface area contributed by atoms with E-state index in [1.54, 1.807) is 0 Å². The monoisotopic (exact) mass is 523 g/mol. The molecule has 0 amide bonds. The zero-order chi connectivity index (χ0) is 25.5. The van der Waals surface area contributed by atoms with E-state index in [9.17, 15) is 0 Å². The Balaban J connectivity index is 0.000000277. The Kier molecular flexibility index (Phi) is 14.8. The van der Waals surface area contributed by atoms with Gasteiger partial charge < -0.3 is 14.4 Å². The molecule has 3 aliphatic rings. The first-order chi connectivity index (χ1) is 16.2. The topological polar surface area (TPSA) is 129 Å². The molecule has 0 aromatic carbocycles. The molecule has 0 fully saturated rings. The number of aromatic nitrogens is 1. The fourth-order valence-corrected chi connectivity index (χ4v) is 3.54. The molecule has 1 N–H and O–H groups in total. The summed E-state index contributed by atoms with van der Waals surface area (Å²) < 4.78 is 32.3. The van der Waals surface area contributed by atoms with Crippen LogP contribution >= 0.6 is 0 Å². The molecule has 3 atom stereocenters. The molecule has 0 saturated carbocycles. The second-order valence-electron chi connectivity index (χ2n) is 8.19. The van der Waals surface area contributed by atoms with E-state index in [-0.39, 0.29) is 12.1 Å². The number of allylic oxidation sites excluding steroid dienone is 1. The first-order valence-corrected chi connectivity index (χ1v) is 12.5. The first-order valence-electron chi connectivity index (χ1n) is 10.9. The molecular formula is C24H32N4O4SV-2. The van der Waals surface area contributed by atoms with Crippen molar-refractivity contribution in [1.82, 2.24) is 4.98 Å². The zero-order valence-electron chi connectivity index (χ0n) is 20.0. The summed E-state index contributed by atoms with van der Waals surface area (Å²) in [6.07, 6.45) is 13.4. The van der Waals surface area contributed by atoms with E-state index in [2.05, 4.69) is 72.3 Å². The molecule has 0 bridgehead atoms. The van der Waals surface area contributed by atoms with Crippen LogP contribution in [0.5, 0.6) is 0 Å². The molecule has 8 nitrogen and oxygen atoms in total. The molecular weight excluding hydrogens is 491 g/mol. The van der Waals surface area contributed by atoms with Crippen LogP contribution in [0.25, 0.3) is 5.32 Å². The second-order valence-corrected chi connectivity index (χ2v) is 8.62. The van der Waals surface area contributed by atoms with E-state index < -0.39 is 11.4 Å². The number of hydrogen-bond donors (Lipinski definition) is 1. The minimum atomic E-state index is -2.86. The second kappa shape index (κ2) is 16.7. The summed E-state index contributed by atoms with van der Waals surface area (Å²) in [6.45, 7) is 10.4. The van der Waals surface area contributed by atoms with E-state index in [1.165, 1.54) is 22.3 Å². The van der Waals surface area contributed by atoms with Gasteiger partial charge in [0, 0.05) is 24.7 Å². The third kappa shape index (κ3) is 12.0. The standard InChI is InChI=1S/C12H16N2.C12H15N2.H2O3S.O.V/c2*1-9-3-5-13-11(7-9)12-8-10(2)4-6-14-12;1-4(2)3;;/h3,5,8,11H,4,6-7H2,1-2H3;3-5,7,12H,6,8H2,1-2H3;(H2,1,2,3);;/q;-1;;;/p-1. The molecule has 4 rings (SSSR count). The Bertz CT molecular complexity index is 971. The van der Waals surface area contributed by atoms with Crippen molar-refractivity contribution >= 4 is 23.3 Å². The van der Waals surface area contributed by atoms with E-state index >= 15 is 0 Å². The number of aliphatic imine (C=N–C) groups is 2. The van der Waals surface area contributed by atoms with Gasteiger partial charge in [-0.3, -0.25) is 15.0 Å². The molecule has 0 spiro atoms. The van der Waals surface area contributed by atoms with Gasteiger partial charge in [0.15, 0.2) is 0 Å². The van der Waals surface area contributed by atoms with Crippen LogP contribution < -0.4 is 0 Å². The average Bonchev–Trinajstić information content (AvgIpc) is 2.81. The van der Waals surface area contributed by atoms with Crippen molar-refractivity contribution in [3.63, 3.8) is 0 Å². The van der Waals surface area contributed by atoms with Crippen LogP contribution in [0.4, 0.5) is 0 Å². The third-order valence-corrected chi connectivity index (χ3v) is 5.24. The van der Waals surface area contributed by atoms with Gasteiger partial charge >= 0.3 is 21.0 Å². The van der Waals surface area contributed by atoms with E-state index in [4.69, 9.17) is 17.0 Å². The summed E-state index contributed by atoms with van der Waals surface area (Å²) in [5, 5.41) is 4.55. The Labute approximate surface area is 214 Å². The molecule has 1 aromatic heterocycles. The van der Waals surface area contributed by atoms with Crippen LogP contribution in [0.3, 0.4) is 0 Å². The van der Waals surface area contributed by atoms with Crippen molar-refractivity contribution in [3.05, 3.63) is 69.9 Å². The normalized spacial score (nSPS) is 21.9. The summed E-state index contributed by atoms with van der Waals surface area (Å²) >= 11 is -1.80. The maximum absolute atomic E-state index is 8.56. The Morgan fingerprint density at radius 3 is 2.44 bits per heavy atom. The van der Waals surface area contributed by atoms with Gasteiger partial charge in [0.25, 0.3) is 0 Å². The summed E-state index contributed by atoms with van der Waals surface area (Å²) in [7, 11) is 0. The molecule has 0 aliphatic carbocycles. The van der Waals surface area contributed by atoms with Gasteiger partial charge in [-0.1, -0.05) is 22.8 Å². The third-order valence-electron chi connectivity index (χ3n) is 5.24. The van der Waals surface area contributed by atoms with Crippen molar-refractivity contribution in [2.45, 2.75) is 59.0 Å². The number of aryl methyl sites for hydroxylation is 1. The molecule has 34 heavy (non-hydrogen) atoms. The number of rotatable bonds is 2. The average molecular weight is 524 g/mol. The summed E-state index contributed by atoms with van der Waals surface area (Å²) in [5.74, 6) is 0. The molecule has 1 aromatic rings. The van der Waals surface area contributed by atoms with E-state index in [1.807, 2.05) is 18.5 Å². The van der Waals surface area contributed by atoms with Crippen molar-refractivity contribution in [2.75, 3.05) is 13.1 Å². The summed E-state index contributed by atoms with van der Waals surface area (Å²) in [6, 6.07) is 4.71. The number of nitrogens with zero attached hydrogens (tertiary/aromatic N) is 4. The molecule has 3 aliphatic heterocycles. The molecule has 3 unspecified atom stereocenters. The van der Waals surface area contributed by atoms with Crippen LogP contribution in [0.15, 0.2) is 63.3 Å². The summed E-state index contributed by atoms with van der Waals surface area (Å²) in [5.41, 5.74) is 7.78. The van der Waals surface area contributed by atoms with Gasteiger partial charge in [-0.25, -0.2) is 4.21 Å². The molecule has 185 valence electrons.